The highest BCUT2D eigenvalue weighted by molar-refractivity contribution is 5.49. The van der Waals surface area contributed by atoms with Gasteiger partial charge in [-0.3, -0.25) is 0 Å². The monoisotopic (exact) mass is 117 g/mol. The van der Waals surface area contributed by atoms with Crippen LogP contribution in [0, 0.1) is 0 Å². The lowest BCUT2D eigenvalue weighted by Crippen LogP contribution is -2.21. The van der Waals surface area contributed by atoms with Crippen LogP contribution in [0.2, 0.25) is 0 Å². The smallest absolute Gasteiger partial charge is 0.120 e. The van der Waals surface area contributed by atoms with Crippen molar-refractivity contribution in [3.05, 3.63) is 0 Å². The number of nitrogens with one attached hydrogen (secondary N) is 1. The van der Waals surface area contributed by atoms with Crippen molar-refractivity contribution >= 4 is 6.29 Å². The van der Waals surface area contributed by atoms with Crippen molar-refractivity contribution in [1.82, 2.24) is 5.48 Å². The molecular formula is C5H11NO2. The van der Waals surface area contributed by atoms with E-state index in [1.54, 1.807) is 0 Å². The summed E-state index contributed by atoms with van der Waals surface area (Å²) in [4.78, 5) is 9.72. The van der Waals surface area contributed by atoms with Crippen molar-refractivity contribution in [1.29, 1.82) is 0 Å². The summed E-state index contributed by atoms with van der Waals surface area (Å²) in [6, 6.07) is 0.0280. The first-order valence-electron chi connectivity index (χ1n) is 2.64. The molecule has 0 aliphatic heterocycles. The van der Waals surface area contributed by atoms with Gasteiger partial charge in [-0.2, -0.15) is 0 Å². The van der Waals surface area contributed by atoms with Gasteiger partial charge in [0.25, 0.3) is 0 Å². The molecule has 0 spiro atoms. The zero-order valence-electron chi connectivity index (χ0n) is 4.92. The third-order valence-corrected chi connectivity index (χ3v) is 0.938. The molecule has 0 amide bonds. The number of hydrogen-bond donors (Lipinski definition) is 2. The van der Waals surface area contributed by atoms with Crippen LogP contribution >= 0.6 is 0 Å². The maximum absolute atomic E-state index is 9.72. The molecular weight excluding hydrogens is 106 g/mol. The van der Waals surface area contributed by atoms with E-state index in [2.05, 4.69) is 0 Å². The van der Waals surface area contributed by atoms with E-state index in [0.29, 0.717) is 12.8 Å². The zero-order chi connectivity index (χ0) is 6.41. The van der Waals surface area contributed by atoms with Gasteiger partial charge in [0.05, 0.1) is 0 Å². The molecule has 1 unspecified atom stereocenters. The van der Waals surface area contributed by atoms with Gasteiger partial charge in [0.2, 0.25) is 0 Å². The third-order valence-electron chi connectivity index (χ3n) is 0.938. The van der Waals surface area contributed by atoms with Gasteiger partial charge in [-0.25, -0.2) is 5.48 Å². The quantitative estimate of drug-likeness (QED) is 0.412. The van der Waals surface area contributed by atoms with Crippen molar-refractivity contribution in [2.24, 2.45) is 0 Å². The molecule has 0 aromatic carbocycles. The van der Waals surface area contributed by atoms with Crippen molar-refractivity contribution in [3.63, 3.8) is 0 Å². The molecule has 0 rings (SSSR count). The minimum Gasteiger partial charge on any atom is -0.317 e. The highest BCUT2D eigenvalue weighted by atomic mass is 16.5. The van der Waals surface area contributed by atoms with Crippen LogP contribution in [0.25, 0.3) is 0 Å². The number of carbonyl (C=O) groups excluding carboxylic acids is 1. The minimum atomic E-state index is 0.0280. The van der Waals surface area contributed by atoms with Crippen LogP contribution in [0.5, 0.6) is 0 Å². The van der Waals surface area contributed by atoms with Crippen LogP contribution in [0.15, 0.2) is 0 Å². The van der Waals surface area contributed by atoms with Crippen molar-refractivity contribution in [2.75, 3.05) is 0 Å². The SMILES string of the molecule is CC(CCC=O)NO. The molecule has 0 bridgehead atoms. The second kappa shape index (κ2) is 4.74. The lowest BCUT2D eigenvalue weighted by molar-refractivity contribution is -0.108. The van der Waals surface area contributed by atoms with Crippen LogP contribution in [-0.4, -0.2) is 17.5 Å². The Morgan fingerprint density at radius 3 is 2.88 bits per heavy atom. The van der Waals surface area contributed by atoms with E-state index < -0.39 is 0 Å². The van der Waals surface area contributed by atoms with Crippen LogP contribution in [-0.2, 0) is 4.79 Å². The van der Waals surface area contributed by atoms with Gasteiger partial charge in [0.15, 0.2) is 0 Å². The van der Waals surface area contributed by atoms with E-state index in [-0.39, 0.29) is 6.04 Å². The number of carbonyl (C=O) groups is 1. The molecule has 0 aromatic rings. The predicted octanol–water partition coefficient (Wildman–Crippen LogP) is 0.333. The van der Waals surface area contributed by atoms with E-state index in [0.717, 1.165) is 6.29 Å². The van der Waals surface area contributed by atoms with Gasteiger partial charge >= 0.3 is 0 Å². The van der Waals surface area contributed by atoms with Crippen molar-refractivity contribution in [2.45, 2.75) is 25.8 Å². The number of hydroxylamine groups is 1. The van der Waals surface area contributed by atoms with Crippen LogP contribution in [0.4, 0.5) is 0 Å². The summed E-state index contributed by atoms with van der Waals surface area (Å²) >= 11 is 0. The average molecular weight is 117 g/mol. The molecule has 0 radical (unpaired) electrons. The first-order valence-corrected chi connectivity index (χ1v) is 2.64. The Labute approximate surface area is 48.7 Å². The van der Waals surface area contributed by atoms with Gasteiger partial charge < -0.3 is 10.0 Å². The van der Waals surface area contributed by atoms with Crippen LogP contribution in [0.3, 0.4) is 0 Å². The first-order chi connectivity index (χ1) is 3.81. The second-order valence-corrected chi connectivity index (χ2v) is 1.77. The first kappa shape index (κ1) is 7.59. The van der Waals surface area contributed by atoms with Crippen molar-refractivity contribution < 1.29 is 10.0 Å². The Kier molecular flexibility index (Phi) is 4.50. The summed E-state index contributed by atoms with van der Waals surface area (Å²) in [5.41, 5.74) is 2.04. The Balaban J connectivity index is 2.97. The lowest BCUT2D eigenvalue weighted by Gasteiger charge is -2.03. The average Bonchev–Trinajstić information content (AvgIpc) is 1.83. The van der Waals surface area contributed by atoms with Gasteiger partial charge in [0.1, 0.15) is 6.29 Å². The molecule has 2 N–H and O–H groups in total. The summed E-state index contributed by atoms with van der Waals surface area (Å²) in [7, 11) is 0. The predicted molar refractivity (Wildman–Crippen MR) is 29.7 cm³/mol. The summed E-state index contributed by atoms with van der Waals surface area (Å²) in [6.45, 7) is 1.81. The van der Waals surface area contributed by atoms with Gasteiger partial charge in [-0.1, -0.05) is 0 Å². The molecule has 0 saturated carbocycles. The highest BCUT2D eigenvalue weighted by Gasteiger charge is 1.95. The molecule has 8 heavy (non-hydrogen) atoms. The molecule has 0 aromatic heterocycles. The molecule has 3 heteroatoms. The standard InChI is InChI=1S/C5H11NO2/c1-5(6-8)3-2-4-7/h4-6,8H,2-3H2,1H3. The van der Waals surface area contributed by atoms with E-state index in [4.69, 9.17) is 5.21 Å². The molecule has 1 atom stereocenters. The third kappa shape index (κ3) is 3.77. The van der Waals surface area contributed by atoms with E-state index in [1.807, 2.05) is 12.4 Å². The fraction of sp³-hybridized carbons (Fsp3) is 0.800. The van der Waals surface area contributed by atoms with Gasteiger partial charge in [-0.15, -0.1) is 0 Å². The Bertz CT molecular complexity index is 65.4. The van der Waals surface area contributed by atoms with E-state index in [9.17, 15) is 4.79 Å². The number of hydrogen-bond acceptors (Lipinski definition) is 3. The molecule has 0 saturated heterocycles. The molecule has 0 fully saturated rings. The minimum absolute atomic E-state index is 0.0280. The number of rotatable bonds is 4. The summed E-state index contributed by atoms with van der Waals surface area (Å²) in [5.74, 6) is 0. The largest absolute Gasteiger partial charge is 0.317 e. The summed E-state index contributed by atoms with van der Waals surface area (Å²) < 4.78 is 0. The second-order valence-electron chi connectivity index (χ2n) is 1.77. The highest BCUT2D eigenvalue weighted by Crippen LogP contribution is 1.90. The van der Waals surface area contributed by atoms with Gasteiger partial charge in [0, 0.05) is 12.5 Å². The summed E-state index contributed by atoms with van der Waals surface area (Å²) in [5, 5.41) is 8.20. The van der Waals surface area contributed by atoms with Crippen LogP contribution in [0.1, 0.15) is 19.8 Å². The molecule has 0 aliphatic rings. The maximum atomic E-state index is 9.72. The summed E-state index contributed by atoms with van der Waals surface area (Å²) in [6.07, 6.45) is 2.04. The Morgan fingerprint density at radius 1 is 1.88 bits per heavy atom. The molecule has 48 valence electrons. The fourth-order valence-electron chi connectivity index (χ4n) is 0.383. The Hall–Kier alpha value is -0.410. The number of aldehydes is 1. The molecule has 3 nitrogen and oxygen atoms in total. The maximum Gasteiger partial charge on any atom is 0.120 e. The Morgan fingerprint density at radius 2 is 2.50 bits per heavy atom. The topological polar surface area (TPSA) is 49.3 Å². The van der Waals surface area contributed by atoms with E-state index in [1.165, 1.54) is 0 Å². The molecule has 0 aliphatic carbocycles. The normalized spacial score (nSPS) is 13.2. The molecule has 0 heterocycles. The lowest BCUT2D eigenvalue weighted by atomic mass is 10.2. The van der Waals surface area contributed by atoms with Crippen molar-refractivity contribution in [3.8, 4) is 0 Å². The van der Waals surface area contributed by atoms with E-state index >= 15 is 0 Å². The zero-order valence-corrected chi connectivity index (χ0v) is 4.92. The van der Waals surface area contributed by atoms with Gasteiger partial charge in [-0.05, 0) is 13.3 Å². The fourth-order valence-corrected chi connectivity index (χ4v) is 0.383. The van der Waals surface area contributed by atoms with Crippen LogP contribution < -0.4 is 5.48 Å².